The molecule has 0 radical (unpaired) electrons. The van der Waals surface area contributed by atoms with Gasteiger partial charge in [-0.15, -0.1) is 0 Å². The first-order valence-corrected chi connectivity index (χ1v) is 11.2. The van der Waals surface area contributed by atoms with Crippen molar-refractivity contribution in [3.63, 3.8) is 0 Å². The van der Waals surface area contributed by atoms with Gasteiger partial charge < -0.3 is 15.2 Å². The van der Waals surface area contributed by atoms with E-state index in [0.29, 0.717) is 6.61 Å². The molecule has 1 unspecified atom stereocenters. The summed E-state index contributed by atoms with van der Waals surface area (Å²) < 4.78 is 11.5. The molecular weight excluding hydrogens is 378 g/mol. The molecule has 0 fully saturated rings. The maximum absolute atomic E-state index is 6.27. The maximum Gasteiger partial charge on any atom is 0.128 e. The molecule has 0 amide bonds. The van der Waals surface area contributed by atoms with E-state index in [0.717, 1.165) is 34.6 Å². The molecule has 29 heavy (non-hydrogen) atoms. The van der Waals surface area contributed by atoms with Crippen LogP contribution in [0.15, 0.2) is 58.4 Å². The lowest BCUT2D eigenvalue weighted by atomic mass is 10.0. The van der Waals surface area contributed by atoms with E-state index >= 15 is 0 Å². The Bertz CT molecular complexity index is 718. The molecule has 0 aliphatic rings. The minimum atomic E-state index is -0.0674. The standard InChI is InChI=1S/C23H33NO2S.C2H6/c1-7-10-19(23(9-3)27-13-8-2)14-22(26-18(5)16-25-6)21-15-20(24)12-11-17(21)4;1-2/h8-15,18H,7,16,24H2,1-6H3;1-2H3/b13-8-,19-10-,22-14+,23-9-;. The SMILES string of the molecule is C/C=C\SC(=C\C)/C(=C\CC)/C=C(/OC(C)COC)c1cc(N)ccc1C.CC. The van der Waals surface area contributed by atoms with Gasteiger partial charge in [0.25, 0.3) is 0 Å². The third-order valence-electron chi connectivity index (χ3n) is 3.85. The quantitative estimate of drug-likeness (QED) is 0.243. The van der Waals surface area contributed by atoms with E-state index in [1.165, 1.54) is 4.91 Å². The van der Waals surface area contributed by atoms with E-state index in [-0.39, 0.29) is 6.10 Å². The van der Waals surface area contributed by atoms with Gasteiger partial charge in [0.2, 0.25) is 0 Å². The highest BCUT2D eigenvalue weighted by atomic mass is 32.2. The number of rotatable bonds is 10. The summed E-state index contributed by atoms with van der Waals surface area (Å²) in [6, 6.07) is 5.91. The molecule has 0 spiro atoms. The molecule has 0 aromatic heterocycles. The highest BCUT2D eigenvalue weighted by Crippen LogP contribution is 2.31. The van der Waals surface area contributed by atoms with E-state index in [4.69, 9.17) is 15.2 Å². The molecule has 0 heterocycles. The number of anilines is 1. The summed E-state index contributed by atoms with van der Waals surface area (Å²) in [4.78, 5) is 1.19. The minimum Gasteiger partial charge on any atom is -0.488 e. The van der Waals surface area contributed by atoms with Gasteiger partial charge in [0, 0.05) is 23.3 Å². The Morgan fingerprint density at radius 2 is 1.93 bits per heavy atom. The number of hydrogen-bond donors (Lipinski definition) is 1. The smallest absolute Gasteiger partial charge is 0.128 e. The third-order valence-corrected chi connectivity index (χ3v) is 4.98. The lowest BCUT2D eigenvalue weighted by Gasteiger charge is -2.20. The molecule has 0 saturated heterocycles. The van der Waals surface area contributed by atoms with Gasteiger partial charge in [-0.25, -0.2) is 0 Å². The minimum absolute atomic E-state index is 0.0674. The highest BCUT2D eigenvalue weighted by molar-refractivity contribution is 8.06. The molecule has 1 rings (SSSR count). The number of aryl methyl sites for hydroxylation is 1. The number of nitrogen functional groups attached to an aromatic ring is 1. The Hall–Kier alpha value is -1.91. The van der Waals surface area contributed by atoms with Crippen molar-refractivity contribution in [2.75, 3.05) is 19.5 Å². The van der Waals surface area contributed by atoms with Gasteiger partial charge in [-0.1, -0.05) is 56.8 Å². The number of hydrogen-bond acceptors (Lipinski definition) is 4. The van der Waals surface area contributed by atoms with Crippen molar-refractivity contribution in [1.82, 2.24) is 0 Å². The van der Waals surface area contributed by atoms with Gasteiger partial charge in [0.05, 0.1) is 6.61 Å². The molecule has 4 heteroatoms. The molecule has 1 aromatic rings. The fraction of sp³-hybridized carbons (Fsp3) is 0.440. The molecule has 2 N–H and O–H groups in total. The van der Waals surface area contributed by atoms with Crippen LogP contribution in [-0.4, -0.2) is 19.8 Å². The Morgan fingerprint density at radius 1 is 1.24 bits per heavy atom. The Morgan fingerprint density at radius 3 is 2.48 bits per heavy atom. The molecule has 0 aliphatic heterocycles. The number of methoxy groups -OCH3 is 1. The summed E-state index contributed by atoms with van der Waals surface area (Å²) in [5.41, 5.74) is 10.0. The van der Waals surface area contributed by atoms with Gasteiger partial charge in [-0.3, -0.25) is 0 Å². The lowest BCUT2D eigenvalue weighted by molar-refractivity contribution is 0.0747. The zero-order chi connectivity index (χ0) is 22.2. The van der Waals surface area contributed by atoms with E-state index < -0.39 is 0 Å². The first-order valence-electron chi connectivity index (χ1n) is 10.3. The molecule has 0 aliphatic carbocycles. The average Bonchev–Trinajstić information content (AvgIpc) is 2.71. The number of allylic oxidation sites excluding steroid dienone is 5. The molecular formula is C25H39NO2S. The Labute approximate surface area is 182 Å². The predicted octanol–water partition coefficient (Wildman–Crippen LogP) is 7.50. The van der Waals surface area contributed by atoms with Crippen molar-refractivity contribution < 1.29 is 9.47 Å². The second kappa shape index (κ2) is 15.9. The number of ether oxygens (including phenoxy) is 2. The first kappa shape index (κ1) is 27.1. The largest absolute Gasteiger partial charge is 0.488 e. The van der Waals surface area contributed by atoms with Crippen LogP contribution in [0.5, 0.6) is 0 Å². The topological polar surface area (TPSA) is 44.5 Å². The van der Waals surface area contributed by atoms with Crippen molar-refractivity contribution in [2.24, 2.45) is 0 Å². The first-order chi connectivity index (χ1) is 14.0. The van der Waals surface area contributed by atoms with Crippen molar-refractivity contribution in [2.45, 2.75) is 61.0 Å². The Balaban J connectivity index is 0.00000379. The van der Waals surface area contributed by atoms with Crippen LogP contribution < -0.4 is 5.73 Å². The fourth-order valence-corrected chi connectivity index (χ4v) is 3.30. The normalized spacial score (nSPS) is 13.9. The van der Waals surface area contributed by atoms with Gasteiger partial charge >= 0.3 is 0 Å². The van der Waals surface area contributed by atoms with Crippen LogP contribution >= 0.6 is 11.8 Å². The second-order valence-corrected chi connectivity index (χ2v) is 7.22. The van der Waals surface area contributed by atoms with Crippen LogP contribution in [0.4, 0.5) is 5.69 Å². The van der Waals surface area contributed by atoms with Crippen LogP contribution in [0.3, 0.4) is 0 Å². The van der Waals surface area contributed by atoms with E-state index in [2.05, 4.69) is 44.4 Å². The summed E-state index contributed by atoms with van der Waals surface area (Å²) in [6.07, 6.45) is 9.38. The number of nitrogens with two attached hydrogens (primary N) is 1. The van der Waals surface area contributed by atoms with Crippen molar-refractivity contribution in [1.29, 1.82) is 0 Å². The summed E-state index contributed by atoms with van der Waals surface area (Å²) in [7, 11) is 1.68. The summed E-state index contributed by atoms with van der Waals surface area (Å²) >= 11 is 1.71. The predicted molar refractivity (Wildman–Crippen MR) is 132 cm³/mol. The molecule has 0 saturated carbocycles. The monoisotopic (exact) mass is 417 g/mol. The fourth-order valence-electron chi connectivity index (χ4n) is 2.60. The van der Waals surface area contributed by atoms with Gasteiger partial charge in [-0.2, -0.15) is 0 Å². The third kappa shape index (κ3) is 9.91. The summed E-state index contributed by atoms with van der Waals surface area (Å²) in [5, 5.41) is 2.09. The van der Waals surface area contributed by atoms with Crippen LogP contribution in [0.1, 0.15) is 59.1 Å². The summed E-state index contributed by atoms with van der Waals surface area (Å²) in [5.74, 6) is 0.810. The maximum atomic E-state index is 6.27. The van der Waals surface area contributed by atoms with Crippen molar-refractivity contribution in [3.8, 4) is 0 Å². The van der Waals surface area contributed by atoms with Crippen LogP contribution in [0.25, 0.3) is 5.76 Å². The zero-order valence-electron chi connectivity index (χ0n) is 19.4. The van der Waals surface area contributed by atoms with E-state index in [1.807, 2.05) is 52.0 Å². The van der Waals surface area contributed by atoms with Gasteiger partial charge in [-0.05, 0) is 68.9 Å². The van der Waals surface area contributed by atoms with Crippen LogP contribution in [-0.2, 0) is 9.47 Å². The van der Waals surface area contributed by atoms with Gasteiger partial charge in [0.15, 0.2) is 0 Å². The molecule has 162 valence electrons. The summed E-state index contributed by atoms with van der Waals surface area (Å²) in [6.45, 7) is 14.8. The zero-order valence-corrected chi connectivity index (χ0v) is 20.2. The molecule has 1 atom stereocenters. The van der Waals surface area contributed by atoms with Crippen molar-refractivity contribution in [3.05, 3.63) is 69.5 Å². The molecule has 0 bridgehead atoms. The molecule has 3 nitrogen and oxygen atoms in total. The number of benzene rings is 1. The highest BCUT2D eigenvalue weighted by Gasteiger charge is 2.14. The van der Waals surface area contributed by atoms with E-state index in [1.54, 1.807) is 18.9 Å². The van der Waals surface area contributed by atoms with Crippen LogP contribution in [0, 0.1) is 6.92 Å². The van der Waals surface area contributed by atoms with Crippen LogP contribution in [0.2, 0.25) is 0 Å². The second-order valence-electron chi connectivity index (χ2n) is 6.27. The number of thioether (sulfide) groups is 1. The van der Waals surface area contributed by atoms with Crippen molar-refractivity contribution >= 4 is 23.2 Å². The molecule has 1 aromatic carbocycles. The lowest BCUT2D eigenvalue weighted by Crippen LogP contribution is -2.14. The Kier molecular flexibility index (Phi) is 14.9. The average molecular weight is 418 g/mol. The van der Waals surface area contributed by atoms with E-state index in [9.17, 15) is 0 Å². The van der Waals surface area contributed by atoms with Gasteiger partial charge in [0.1, 0.15) is 11.9 Å².